The molecule has 2 heterocycles. The molecule has 0 aromatic rings. The molecule has 0 aromatic heterocycles. The van der Waals surface area contributed by atoms with Gasteiger partial charge in [0, 0.05) is 23.9 Å². The molecule has 0 spiro atoms. The lowest BCUT2D eigenvalue weighted by atomic mass is 9.93. The molecule has 2 rings (SSSR count). The molecule has 3 nitrogen and oxygen atoms in total. The molecular formula is C13H24N2OS. The van der Waals surface area contributed by atoms with Crippen LogP contribution in [0.4, 0.5) is 0 Å². The van der Waals surface area contributed by atoms with Crippen molar-refractivity contribution in [3.05, 3.63) is 0 Å². The van der Waals surface area contributed by atoms with Crippen molar-refractivity contribution < 1.29 is 4.79 Å². The van der Waals surface area contributed by atoms with Crippen LogP contribution in [0.5, 0.6) is 0 Å². The second kappa shape index (κ2) is 5.19. The zero-order valence-corrected chi connectivity index (χ0v) is 12.0. The molecule has 0 saturated carbocycles. The van der Waals surface area contributed by atoms with Crippen LogP contribution in [0, 0.1) is 5.92 Å². The largest absolute Gasteiger partial charge is 0.342 e. The quantitative estimate of drug-likeness (QED) is 0.816. The van der Waals surface area contributed by atoms with Crippen molar-refractivity contribution in [3.63, 3.8) is 0 Å². The first-order valence-corrected chi connectivity index (χ1v) is 7.59. The monoisotopic (exact) mass is 256 g/mol. The van der Waals surface area contributed by atoms with Gasteiger partial charge in [-0.25, -0.2) is 0 Å². The Bertz CT molecular complexity index is 288. The SMILES string of the molecule is CC(C)(C)SCC(=O)N1CCC2NCCC2C1. The summed E-state index contributed by atoms with van der Waals surface area (Å²) < 4.78 is 0.183. The number of carbonyl (C=O) groups is 1. The number of hydrogen-bond donors (Lipinski definition) is 1. The molecule has 1 amide bonds. The van der Waals surface area contributed by atoms with Crippen LogP contribution < -0.4 is 5.32 Å². The first-order valence-electron chi connectivity index (χ1n) is 6.61. The Morgan fingerprint density at radius 1 is 1.41 bits per heavy atom. The second-order valence-electron chi connectivity index (χ2n) is 6.14. The summed E-state index contributed by atoms with van der Waals surface area (Å²) >= 11 is 1.75. The number of likely N-dealkylation sites (tertiary alicyclic amines) is 1. The van der Waals surface area contributed by atoms with Gasteiger partial charge in [-0.05, 0) is 25.3 Å². The summed E-state index contributed by atoms with van der Waals surface area (Å²) in [7, 11) is 0. The highest BCUT2D eigenvalue weighted by Crippen LogP contribution is 2.27. The number of fused-ring (bicyclic) bond motifs is 1. The first-order chi connectivity index (χ1) is 7.96. The van der Waals surface area contributed by atoms with Gasteiger partial charge in [0.25, 0.3) is 0 Å². The fourth-order valence-electron chi connectivity index (χ4n) is 2.64. The van der Waals surface area contributed by atoms with E-state index >= 15 is 0 Å². The fourth-order valence-corrected chi connectivity index (χ4v) is 3.38. The molecule has 0 bridgehead atoms. The van der Waals surface area contributed by atoms with E-state index in [1.807, 2.05) is 0 Å². The van der Waals surface area contributed by atoms with Gasteiger partial charge in [0.1, 0.15) is 0 Å². The van der Waals surface area contributed by atoms with Crippen LogP contribution in [0.15, 0.2) is 0 Å². The van der Waals surface area contributed by atoms with Crippen molar-refractivity contribution in [2.24, 2.45) is 5.92 Å². The molecule has 17 heavy (non-hydrogen) atoms. The van der Waals surface area contributed by atoms with Gasteiger partial charge in [-0.2, -0.15) is 0 Å². The van der Waals surface area contributed by atoms with Crippen molar-refractivity contribution in [1.29, 1.82) is 0 Å². The lowest BCUT2D eigenvalue weighted by molar-refractivity contribution is -0.130. The van der Waals surface area contributed by atoms with Crippen molar-refractivity contribution in [2.75, 3.05) is 25.4 Å². The minimum absolute atomic E-state index is 0.183. The third kappa shape index (κ3) is 3.62. The van der Waals surface area contributed by atoms with Crippen molar-refractivity contribution in [3.8, 4) is 0 Å². The molecule has 1 N–H and O–H groups in total. The summed E-state index contributed by atoms with van der Waals surface area (Å²) in [6.07, 6.45) is 2.37. The first kappa shape index (κ1) is 13.2. The van der Waals surface area contributed by atoms with Gasteiger partial charge >= 0.3 is 0 Å². The highest BCUT2D eigenvalue weighted by molar-refractivity contribution is 8.01. The number of piperidine rings is 1. The van der Waals surface area contributed by atoms with Crippen molar-refractivity contribution in [2.45, 2.75) is 44.4 Å². The molecule has 2 aliphatic heterocycles. The molecule has 2 saturated heterocycles. The van der Waals surface area contributed by atoms with Crippen molar-refractivity contribution in [1.82, 2.24) is 10.2 Å². The van der Waals surface area contributed by atoms with Gasteiger partial charge in [0.2, 0.25) is 5.91 Å². The Hall–Kier alpha value is -0.220. The lowest BCUT2D eigenvalue weighted by Crippen LogP contribution is -2.47. The third-order valence-electron chi connectivity index (χ3n) is 3.64. The molecule has 0 radical (unpaired) electrons. The molecule has 2 aliphatic rings. The molecule has 2 unspecified atom stereocenters. The fraction of sp³-hybridized carbons (Fsp3) is 0.923. The van der Waals surface area contributed by atoms with Crippen LogP contribution in [0.2, 0.25) is 0 Å². The molecule has 0 aliphatic carbocycles. The van der Waals surface area contributed by atoms with Crippen LogP contribution >= 0.6 is 11.8 Å². The van der Waals surface area contributed by atoms with E-state index in [1.54, 1.807) is 11.8 Å². The summed E-state index contributed by atoms with van der Waals surface area (Å²) in [5, 5.41) is 3.53. The van der Waals surface area contributed by atoms with Gasteiger partial charge in [-0.3, -0.25) is 4.79 Å². The maximum Gasteiger partial charge on any atom is 0.232 e. The number of thioether (sulfide) groups is 1. The van der Waals surface area contributed by atoms with E-state index in [0.717, 1.165) is 26.1 Å². The van der Waals surface area contributed by atoms with Crippen molar-refractivity contribution >= 4 is 17.7 Å². The predicted octanol–water partition coefficient (Wildman–Crippen LogP) is 1.73. The van der Waals surface area contributed by atoms with Crippen LogP contribution in [0.3, 0.4) is 0 Å². The lowest BCUT2D eigenvalue weighted by Gasteiger charge is -2.35. The average Bonchev–Trinajstić information content (AvgIpc) is 2.71. The van der Waals surface area contributed by atoms with Gasteiger partial charge in [-0.1, -0.05) is 20.8 Å². The number of rotatable bonds is 2. The minimum atomic E-state index is 0.183. The van der Waals surface area contributed by atoms with Gasteiger partial charge in [-0.15, -0.1) is 11.8 Å². The topological polar surface area (TPSA) is 32.3 Å². The zero-order valence-electron chi connectivity index (χ0n) is 11.2. The minimum Gasteiger partial charge on any atom is -0.342 e. The van der Waals surface area contributed by atoms with E-state index in [-0.39, 0.29) is 4.75 Å². The Balaban J connectivity index is 1.80. The zero-order chi connectivity index (χ0) is 12.5. The number of amides is 1. The average molecular weight is 256 g/mol. The number of nitrogens with zero attached hydrogens (tertiary/aromatic N) is 1. The summed E-state index contributed by atoms with van der Waals surface area (Å²) in [5.74, 6) is 1.66. The highest BCUT2D eigenvalue weighted by atomic mass is 32.2. The maximum absolute atomic E-state index is 12.1. The van der Waals surface area contributed by atoms with E-state index in [0.29, 0.717) is 23.6 Å². The van der Waals surface area contributed by atoms with E-state index < -0.39 is 0 Å². The normalized spacial score (nSPS) is 29.2. The Kier molecular flexibility index (Phi) is 4.03. The third-order valence-corrected chi connectivity index (χ3v) is 4.89. The smallest absolute Gasteiger partial charge is 0.232 e. The standard InChI is InChI=1S/C13H24N2OS/c1-13(2,3)17-9-12(16)15-7-5-11-10(8-15)4-6-14-11/h10-11,14H,4-9H2,1-3H3. The van der Waals surface area contributed by atoms with E-state index in [9.17, 15) is 4.79 Å². The van der Waals surface area contributed by atoms with E-state index in [4.69, 9.17) is 0 Å². The van der Waals surface area contributed by atoms with Crippen LogP contribution in [0.25, 0.3) is 0 Å². The van der Waals surface area contributed by atoms with Gasteiger partial charge in [0.05, 0.1) is 5.75 Å². The molecule has 2 atom stereocenters. The Labute approximate surface area is 109 Å². The Morgan fingerprint density at radius 3 is 2.88 bits per heavy atom. The number of carbonyl (C=O) groups excluding carboxylic acids is 1. The van der Waals surface area contributed by atoms with Gasteiger partial charge < -0.3 is 10.2 Å². The summed E-state index contributed by atoms with van der Waals surface area (Å²) in [6.45, 7) is 9.54. The van der Waals surface area contributed by atoms with Crippen LogP contribution in [-0.4, -0.2) is 47.0 Å². The van der Waals surface area contributed by atoms with Crippen LogP contribution in [-0.2, 0) is 4.79 Å². The molecule has 4 heteroatoms. The molecule has 0 aromatic carbocycles. The number of nitrogens with one attached hydrogen (secondary N) is 1. The molecule has 98 valence electrons. The molecule has 2 fully saturated rings. The Morgan fingerprint density at radius 2 is 2.18 bits per heavy atom. The second-order valence-corrected chi connectivity index (χ2v) is 7.94. The maximum atomic E-state index is 12.1. The summed E-state index contributed by atoms with van der Waals surface area (Å²) in [4.78, 5) is 14.2. The van der Waals surface area contributed by atoms with E-state index in [1.165, 1.54) is 6.42 Å². The van der Waals surface area contributed by atoms with Gasteiger partial charge in [0.15, 0.2) is 0 Å². The number of hydrogen-bond acceptors (Lipinski definition) is 3. The van der Waals surface area contributed by atoms with Crippen LogP contribution in [0.1, 0.15) is 33.6 Å². The summed E-state index contributed by atoms with van der Waals surface area (Å²) in [6, 6.07) is 0.675. The highest BCUT2D eigenvalue weighted by Gasteiger charge is 2.34. The predicted molar refractivity (Wildman–Crippen MR) is 73.3 cm³/mol. The van der Waals surface area contributed by atoms with E-state index in [2.05, 4.69) is 31.0 Å². The molecular weight excluding hydrogens is 232 g/mol. The summed E-state index contributed by atoms with van der Waals surface area (Å²) in [5.41, 5.74) is 0.